The van der Waals surface area contributed by atoms with E-state index in [4.69, 9.17) is 5.26 Å². The second-order valence-corrected chi connectivity index (χ2v) is 10.6. The summed E-state index contributed by atoms with van der Waals surface area (Å²) in [6, 6.07) is 8.16. The van der Waals surface area contributed by atoms with E-state index in [2.05, 4.69) is 30.1 Å². The second-order valence-electron chi connectivity index (χ2n) is 8.68. The van der Waals surface area contributed by atoms with Gasteiger partial charge in [-0.25, -0.2) is 8.42 Å². The van der Waals surface area contributed by atoms with Gasteiger partial charge in [-0.15, -0.1) is 0 Å². The maximum absolute atomic E-state index is 12.8. The van der Waals surface area contributed by atoms with Crippen molar-refractivity contribution in [2.24, 2.45) is 5.92 Å². The Morgan fingerprint density at radius 1 is 1.10 bits per heavy atom. The molecule has 2 aliphatic rings. The van der Waals surface area contributed by atoms with Crippen LogP contribution in [0.3, 0.4) is 0 Å². The van der Waals surface area contributed by atoms with Crippen molar-refractivity contribution in [3.63, 3.8) is 0 Å². The lowest BCUT2D eigenvalue weighted by Gasteiger charge is -2.34. The lowest BCUT2D eigenvalue weighted by atomic mass is 9.96. The Labute approximate surface area is 185 Å². The average molecular weight is 445 g/mol. The van der Waals surface area contributed by atoms with Gasteiger partial charge >= 0.3 is 0 Å². The fourth-order valence-corrected chi connectivity index (χ4v) is 5.57. The predicted molar refractivity (Wildman–Crippen MR) is 120 cm³/mol. The number of hydrogen-bond donors (Lipinski definition) is 1. The van der Waals surface area contributed by atoms with Crippen LogP contribution in [0.5, 0.6) is 0 Å². The smallest absolute Gasteiger partial charge is 0.243 e. The van der Waals surface area contributed by atoms with Crippen LogP contribution in [-0.4, -0.2) is 62.3 Å². The van der Waals surface area contributed by atoms with Gasteiger partial charge < -0.3 is 5.32 Å². The maximum atomic E-state index is 12.8. The SMILES string of the molecule is CC(C)=CCN1CCC(NC(=O)C2CCN(S(=O)(=O)c3ccc(C#N)cc3)CC2)CC1. The molecule has 2 saturated heterocycles. The van der Waals surface area contributed by atoms with Crippen LogP contribution in [0.15, 0.2) is 40.8 Å². The zero-order chi connectivity index (χ0) is 22.4. The lowest BCUT2D eigenvalue weighted by molar-refractivity contribution is -0.127. The molecule has 2 aliphatic heterocycles. The third kappa shape index (κ3) is 6.16. The topological polar surface area (TPSA) is 93.5 Å². The number of piperidine rings is 2. The van der Waals surface area contributed by atoms with Crippen LogP contribution in [0.2, 0.25) is 0 Å². The van der Waals surface area contributed by atoms with Crippen LogP contribution in [-0.2, 0) is 14.8 Å². The summed E-state index contributed by atoms with van der Waals surface area (Å²) >= 11 is 0. The number of carbonyl (C=O) groups is 1. The molecule has 0 unspecified atom stereocenters. The van der Waals surface area contributed by atoms with Gasteiger partial charge in [0.05, 0.1) is 16.5 Å². The first kappa shape index (κ1) is 23.5. The first-order valence-corrected chi connectivity index (χ1v) is 12.4. The molecule has 0 spiro atoms. The summed E-state index contributed by atoms with van der Waals surface area (Å²) in [6.45, 7) is 7.81. The normalized spacial score (nSPS) is 19.5. The van der Waals surface area contributed by atoms with Gasteiger partial charge in [0.25, 0.3) is 0 Å². The Hall–Kier alpha value is -2.21. The molecule has 0 atom stereocenters. The number of allylic oxidation sites excluding steroid dienone is 1. The molecule has 168 valence electrons. The number of likely N-dealkylation sites (tertiary alicyclic amines) is 1. The molecule has 8 heteroatoms. The van der Waals surface area contributed by atoms with Crippen LogP contribution >= 0.6 is 0 Å². The minimum absolute atomic E-state index is 0.0539. The Bertz CT molecular complexity index is 930. The number of benzene rings is 1. The highest BCUT2D eigenvalue weighted by Gasteiger charge is 2.33. The van der Waals surface area contributed by atoms with Crippen LogP contribution in [0.4, 0.5) is 0 Å². The highest BCUT2D eigenvalue weighted by atomic mass is 32.2. The first-order chi connectivity index (χ1) is 14.8. The van der Waals surface area contributed by atoms with Crippen molar-refractivity contribution < 1.29 is 13.2 Å². The maximum Gasteiger partial charge on any atom is 0.243 e. The van der Waals surface area contributed by atoms with Gasteiger partial charge in [-0.05, 0) is 63.8 Å². The van der Waals surface area contributed by atoms with E-state index in [1.54, 1.807) is 0 Å². The van der Waals surface area contributed by atoms with Crippen molar-refractivity contribution in [1.29, 1.82) is 5.26 Å². The average Bonchev–Trinajstić information content (AvgIpc) is 2.78. The van der Waals surface area contributed by atoms with Gasteiger partial charge in [-0.3, -0.25) is 9.69 Å². The summed E-state index contributed by atoms with van der Waals surface area (Å²) in [7, 11) is -3.60. The van der Waals surface area contributed by atoms with Gasteiger partial charge in [-0.1, -0.05) is 11.6 Å². The van der Waals surface area contributed by atoms with E-state index in [0.717, 1.165) is 32.5 Å². The van der Waals surface area contributed by atoms with Crippen molar-refractivity contribution in [3.8, 4) is 6.07 Å². The third-order valence-electron chi connectivity index (χ3n) is 6.14. The van der Waals surface area contributed by atoms with Crippen molar-refractivity contribution >= 4 is 15.9 Å². The molecule has 1 amide bonds. The molecule has 1 aromatic rings. The second kappa shape index (κ2) is 10.4. The molecule has 2 heterocycles. The van der Waals surface area contributed by atoms with E-state index in [-0.39, 0.29) is 22.8 Å². The predicted octanol–water partition coefficient (Wildman–Crippen LogP) is 2.51. The van der Waals surface area contributed by atoms with Crippen LogP contribution < -0.4 is 5.32 Å². The minimum atomic E-state index is -3.60. The fourth-order valence-electron chi connectivity index (χ4n) is 4.10. The number of rotatable bonds is 6. The number of carbonyl (C=O) groups excluding carboxylic acids is 1. The Morgan fingerprint density at radius 3 is 2.26 bits per heavy atom. The van der Waals surface area contributed by atoms with E-state index in [9.17, 15) is 13.2 Å². The first-order valence-electron chi connectivity index (χ1n) is 11.0. The number of nitrogens with one attached hydrogen (secondary N) is 1. The zero-order valence-electron chi connectivity index (χ0n) is 18.4. The quantitative estimate of drug-likeness (QED) is 0.681. The number of hydrogen-bond acceptors (Lipinski definition) is 5. The summed E-state index contributed by atoms with van der Waals surface area (Å²) in [5.74, 6) is -0.0886. The van der Waals surface area contributed by atoms with Gasteiger partial charge in [0.15, 0.2) is 0 Å². The molecule has 2 fully saturated rings. The molecule has 1 aromatic carbocycles. The highest BCUT2D eigenvalue weighted by molar-refractivity contribution is 7.89. The van der Waals surface area contributed by atoms with E-state index in [1.807, 2.05) is 6.07 Å². The number of nitrogens with zero attached hydrogens (tertiary/aromatic N) is 3. The summed E-state index contributed by atoms with van der Waals surface area (Å²) in [5, 5.41) is 12.1. The molecule has 0 aromatic heterocycles. The molecule has 0 saturated carbocycles. The van der Waals surface area contributed by atoms with E-state index in [0.29, 0.717) is 31.5 Å². The number of nitriles is 1. The fraction of sp³-hybridized carbons (Fsp3) is 0.565. The molecule has 7 nitrogen and oxygen atoms in total. The van der Waals surface area contributed by atoms with E-state index < -0.39 is 10.0 Å². The molecule has 31 heavy (non-hydrogen) atoms. The Balaban J connectivity index is 1.46. The lowest BCUT2D eigenvalue weighted by Crippen LogP contribution is -2.48. The van der Waals surface area contributed by atoms with E-state index in [1.165, 1.54) is 34.1 Å². The zero-order valence-corrected chi connectivity index (χ0v) is 19.2. The summed E-state index contributed by atoms with van der Waals surface area (Å²) in [4.78, 5) is 15.3. The van der Waals surface area contributed by atoms with Gasteiger partial charge in [0.2, 0.25) is 15.9 Å². The van der Waals surface area contributed by atoms with Crippen LogP contribution in [0.1, 0.15) is 45.1 Å². The third-order valence-corrected chi connectivity index (χ3v) is 8.05. The Kier molecular flexibility index (Phi) is 7.87. The number of amides is 1. The summed E-state index contributed by atoms with van der Waals surface area (Å²) < 4.78 is 27.1. The van der Waals surface area contributed by atoms with E-state index >= 15 is 0 Å². The molecular weight excluding hydrogens is 412 g/mol. The van der Waals surface area contributed by atoms with Crippen LogP contribution in [0, 0.1) is 17.2 Å². The minimum Gasteiger partial charge on any atom is -0.353 e. The van der Waals surface area contributed by atoms with Gasteiger partial charge in [0, 0.05) is 44.7 Å². The summed E-state index contributed by atoms with van der Waals surface area (Å²) in [5.41, 5.74) is 1.75. The van der Waals surface area contributed by atoms with Gasteiger partial charge in [-0.2, -0.15) is 9.57 Å². The summed E-state index contributed by atoms with van der Waals surface area (Å²) in [6.07, 6.45) is 5.20. The Morgan fingerprint density at radius 2 is 1.71 bits per heavy atom. The monoisotopic (exact) mass is 444 g/mol. The molecule has 0 bridgehead atoms. The standard InChI is InChI=1S/C23H32N4O3S/c1-18(2)7-12-26-13-10-21(11-14-26)25-23(28)20-8-15-27(16-9-20)31(29,30)22-5-3-19(17-24)4-6-22/h3-7,20-21H,8-16H2,1-2H3,(H,25,28). The number of sulfonamides is 1. The van der Waals surface area contributed by atoms with Crippen LogP contribution in [0.25, 0.3) is 0 Å². The molecule has 3 rings (SSSR count). The van der Waals surface area contributed by atoms with Crippen molar-refractivity contribution in [2.45, 2.75) is 50.5 Å². The largest absolute Gasteiger partial charge is 0.353 e. The van der Waals surface area contributed by atoms with Crippen molar-refractivity contribution in [3.05, 3.63) is 41.5 Å². The molecule has 0 radical (unpaired) electrons. The van der Waals surface area contributed by atoms with Gasteiger partial charge in [0.1, 0.15) is 0 Å². The van der Waals surface area contributed by atoms with Crippen molar-refractivity contribution in [1.82, 2.24) is 14.5 Å². The molecular formula is C23H32N4O3S. The highest BCUT2D eigenvalue weighted by Crippen LogP contribution is 2.24. The molecule has 0 aliphatic carbocycles. The van der Waals surface area contributed by atoms with Crippen molar-refractivity contribution in [2.75, 3.05) is 32.7 Å². The molecule has 1 N–H and O–H groups in total.